The molecule has 2 unspecified atom stereocenters. The second-order valence-electron chi connectivity index (χ2n) is 3.18. The van der Waals surface area contributed by atoms with E-state index >= 15 is 0 Å². The Bertz CT molecular complexity index is 174. The summed E-state index contributed by atoms with van der Waals surface area (Å²) in [6, 6.07) is 0. The topological polar surface area (TPSA) is 18.5 Å². The van der Waals surface area contributed by atoms with Crippen molar-refractivity contribution in [2.45, 2.75) is 29.9 Å². The van der Waals surface area contributed by atoms with Crippen LogP contribution in [0.2, 0.25) is 0 Å². The van der Waals surface area contributed by atoms with Gasteiger partial charge in [-0.05, 0) is 6.42 Å². The third kappa shape index (κ3) is 4.61. The van der Waals surface area contributed by atoms with Crippen molar-refractivity contribution in [2.75, 3.05) is 19.8 Å². The zero-order valence-electron chi connectivity index (χ0n) is 7.52. The van der Waals surface area contributed by atoms with E-state index in [0.29, 0.717) is 13.2 Å². The molecule has 0 aromatic heterocycles. The number of hydrogen-bond acceptors (Lipinski definition) is 2. The molecule has 14 heavy (non-hydrogen) atoms. The standard InChI is InChI=1S/C8H12BrF3O2/c9-6-4-13-5-7(6)14-3-1-2-8(10,11)12/h6-7H,1-5H2. The van der Waals surface area contributed by atoms with Gasteiger partial charge in [0.2, 0.25) is 0 Å². The lowest BCUT2D eigenvalue weighted by molar-refractivity contribution is -0.138. The van der Waals surface area contributed by atoms with Crippen molar-refractivity contribution in [3.05, 3.63) is 0 Å². The molecule has 0 radical (unpaired) electrons. The van der Waals surface area contributed by atoms with Crippen LogP contribution < -0.4 is 0 Å². The van der Waals surface area contributed by atoms with E-state index in [1.54, 1.807) is 0 Å². The minimum Gasteiger partial charge on any atom is -0.377 e. The van der Waals surface area contributed by atoms with Gasteiger partial charge >= 0.3 is 6.18 Å². The highest BCUT2D eigenvalue weighted by atomic mass is 79.9. The molecule has 0 N–H and O–H groups in total. The Kier molecular flexibility index (Phi) is 4.66. The van der Waals surface area contributed by atoms with Gasteiger partial charge in [-0.3, -0.25) is 0 Å². The van der Waals surface area contributed by atoms with E-state index in [-0.39, 0.29) is 24.0 Å². The van der Waals surface area contributed by atoms with Crippen LogP contribution in [-0.4, -0.2) is 36.9 Å². The zero-order valence-corrected chi connectivity index (χ0v) is 9.10. The molecule has 0 aromatic rings. The molecule has 0 amide bonds. The maximum Gasteiger partial charge on any atom is 0.389 e. The van der Waals surface area contributed by atoms with Crippen LogP contribution in [-0.2, 0) is 9.47 Å². The molecule has 0 aliphatic carbocycles. The van der Waals surface area contributed by atoms with Gasteiger partial charge in [-0.25, -0.2) is 0 Å². The van der Waals surface area contributed by atoms with Gasteiger partial charge in [0, 0.05) is 13.0 Å². The molecule has 0 bridgehead atoms. The first kappa shape index (κ1) is 12.3. The minimum atomic E-state index is -4.08. The number of hydrogen-bond donors (Lipinski definition) is 0. The molecule has 1 rings (SSSR count). The fraction of sp³-hybridized carbons (Fsp3) is 1.00. The Morgan fingerprint density at radius 1 is 1.36 bits per heavy atom. The molecule has 1 fully saturated rings. The van der Waals surface area contributed by atoms with Gasteiger partial charge in [0.1, 0.15) is 0 Å². The van der Waals surface area contributed by atoms with Crippen LogP contribution in [0.15, 0.2) is 0 Å². The molecule has 0 spiro atoms. The van der Waals surface area contributed by atoms with E-state index in [1.165, 1.54) is 0 Å². The van der Waals surface area contributed by atoms with Gasteiger partial charge in [-0.2, -0.15) is 13.2 Å². The Morgan fingerprint density at radius 3 is 2.57 bits per heavy atom. The lowest BCUT2D eigenvalue weighted by Gasteiger charge is -2.13. The van der Waals surface area contributed by atoms with Crippen LogP contribution in [0.4, 0.5) is 13.2 Å². The summed E-state index contributed by atoms with van der Waals surface area (Å²) in [5.74, 6) is 0. The summed E-state index contributed by atoms with van der Waals surface area (Å²) in [4.78, 5) is 0.105. The van der Waals surface area contributed by atoms with E-state index in [0.717, 1.165) is 0 Å². The van der Waals surface area contributed by atoms with E-state index in [2.05, 4.69) is 15.9 Å². The number of alkyl halides is 4. The van der Waals surface area contributed by atoms with E-state index in [1.807, 2.05) is 0 Å². The normalized spacial score (nSPS) is 28.3. The van der Waals surface area contributed by atoms with Crippen molar-refractivity contribution in [3.8, 4) is 0 Å². The van der Waals surface area contributed by atoms with Crippen molar-refractivity contribution in [3.63, 3.8) is 0 Å². The van der Waals surface area contributed by atoms with Crippen molar-refractivity contribution >= 4 is 15.9 Å². The molecule has 0 saturated carbocycles. The molecule has 1 aliphatic heterocycles. The van der Waals surface area contributed by atoms with Crippen LogP contribution in [0, 0.1) is 0 Å². The Balaban J connectivity index is 2.04. The van der Waals surface area contributed by atoms with Crippen molar-refractivity contribution < 1.29 is 22.6 Å². The fourth-order valence-electron chi connectivity index (χ4n) is 1.17. The summed E-state index contributed by atoms with van der Waals surface area (Å²) in [5.41, 5.74) is 0. The summed E-state index contributed by atoms with van der Waals surface area (Å²) in [5, 5.41) is 0. The highest BCUT2D eigenvalue weighted by molar-refractivity contribution is 9.09. The second kappa shape index (κ2) is 5.32. The van der Waals surface area contributed by atoms with Crippen LogP contribution in [0.25, 0.3) is 0 Å². The molecule has 2 nitrogen and oxygen atoms in total. The number of ether oxygens (including phenoxy) is 2. The fourth-order valence-corrected chi connectivity index (χ4v) is 1.66. The molecular formula is C8H12BrF3O2. The van der Waals surface area contributed by atoms with Gasteiger partial charge in [0.15, 0.2) is 0 Å². The van der Waals surface area contributed by atoms with Crippen molar-refractivity contribution in [2.24, 2.45) is 0 Å². The van der Waals surface area contributed by atoms with E-state index in [4.69, 9.17) is 9.47 Å². The molecule has 1 heterocycles. The maximum absolute atomic E-state index is 11.7. The van der Waals surface area contributed by atoms with Gasteiger partial charge < -0.3 is 9.47 Å². The predicted octanol–water partition coefficient (Wildman–Crippen LogP) is 2.51. The highest BCUT2D eigenvalue weighted by Crippen LogP contribution is 2.22. The maximum atomic E-state index is 11.7. The lowest BCUT2D eigenvalue weighted by Crippen LogP contribution is -2.23. The number of halogens is 4. The summed E-state index contributed by atoms with van der Waals surface area (Å²) in [6.07, 6.45) is -4.96. The lowest BCUT2D eigenvalue weighted by atomic mass is 10.3. The Hall–Kier alpha value is 0.190. The Labute approximate surface area is 88.9 Å². The smallest absolute Gasteiger partial charge is 0.377 e. The molecule has 1 saturated heterocycles. The van der Waals surface area contributed by atoms with Gasteiger partial charge in [0.05, 0.1) is 24.1 Å². The molecule has 0 aromatic carbocycles. The van der Waals surface area contributed by atoms with Gasteiger partial charge in [0.25, 0.3) is 0 Å². The first-order valence-corrected chi connectivity index (χ1v) is 5.31. The summed E-state index contributed by atoms with van der Waals surface area (Å²) in [6.45, 7) is 1.15. The third-order valence-electron chi connectivity index (χ3n) is 1.90. The summed E-state index contributed by atoms with van der Waals surface area (Å²) >= 11 is 3.32. The molecule has 6 heteroatoms. The molecule has 84 valence electrons. The first-order chi connectivity index (χ1) is 6.49. The SMILES string of the molecule is FC(F)(F)CCCOC1COCC1Br. The average Bonchev–Trinajstić information content (AvgIpc) is 2.44. The molecule has 2 atom stereocenters. The van der Waals surface area contributed by atoms with Crippen LogP contribution in [0.1, 0.15) is 12.8 Å². The molecular weight excluding hydrogens is 265 g/mol. The minimum absolute atomic E-state index is 0.0136. The largest absolute Gasteiger partial charge is 0.389 e. The third-order valence-corrected chi connectivity index (χ3v) is 2.75. The van der Waals surface area contributed by atoms with E-state index in [9.17, 15) is 13.2 Å². The van der Waals surface area contributed by atoms with Crippen molar-refractivity contribution in [1.82, 2.24) is 0 Å². The predicted molar refractivity (Wildman–Crippen MR) is 48.6 cm³/mol. The quantitative estimate of drug-likeness (QED) is 0.580. The monoisotopic (exact) mass is 276 g/mol. The van der Waals surface area contributed by atoms with Gasteiger partial charge in [-0.15, -0.1) is 0 Å². The highest BCUT2D eigenvalue weighted by Gasteiger charge is 2.28. The average molecular weight is 277 g/mol. The zero-order chi connectivity index (χ0) is 10.6. The Morgan fingerprint density at radius 2 is 2.07 bits per heavy atom. The number of rotatable bonds is 4. The van der Waals surface area contributed by atoms with Crippen molar-refractivity contribution in [1.29, 1.82) is 0 Å². The van der Waals surface area contributed by atoms with Crippen LogP contribution in [0.3, 0.4) is 0 Å². The van der Waals surface area contributed by atoms with Crippen LogP contribution >= 0.6 is 15.9 Å². The molecule has 1 aliphatic rings. The summed E-state index contributed by atoms with van der Waals surface area (Å²) < 4.78 is 45.5. The van der Waals surface area contributed by atoms with E-state index < -0.39 is 12.6 Å². The summed E-state index contributed by atoms with van der Waals surface area (Å²) in [7, 11) is 0. The van der Waals surface area contributed by atoms with Gasteiger partial charge in [-0.1, -0.05) is 15.9 Å². The second-order valence-corrected chi connectivity index (χ2v) is 4.36. The van der Waals surface area contributed by atoms with Crippen LogP contribution in [0.5, 0.6) is 0 Å². The first-order valence-electron chi connectivity index (χ1n) is 4.39.